The van der Waals surface area contributed by atoms with Crippen molar-refractivity contribution in [2.45, 2.75) is 12.8 Å². The molecule has 8 nitrogen and oxygen atoms in total. The maximum absolute atomic E-state index is 12.0. The first-order valence-corrected chi connectivity index (χ1v) is 7.95. The summed E-state index contributed by atoms with van der Waals surface area (Å²) in [6.07, 6.45) is 2.10. The van der Waals surface area contributed by atoms with Crippen LogP contribution in [0, 0.1) is 0 Å². The van der Waals surface area contributed by atoms with Gasteiger partial charge in [-0.05, 0) is 30.3 Å². The number of aromatic nitrogens is 3. The van der Waals surface area contributed by atoms with Crippen LogP contribution in [0.5, 0.6) is 11.6 Å². The molecule has 0 aliphatic carbocycles. The molecule has 2 heterocycles. The van der Waals surface area contributed by atoms with Crippen molar-refractivity contribution in [3.63, 3.8) is 0 Å². The van der Waals surface area contributed by atoms with Gasteiger partial charge >= 0.3 is 0 Å². The molecule has 0 saturated heterocycles. The zero-order valence-corrected chi connectivity index (χ0v) is 14.4. The molecule has 0 aliphatic rings. The summed E-state index contributed by atoms with van der Waals surface area (Å²) >= 11 is 0. The van der Waals surface area contributed by atoms with Gasteiger partial charge in [0.15, 0.2) is 0 Å². The molecule has 3 aromatic rings. The number of rotatable bonds is 7. The highest BCUT2D eigenvalue weighted by atomic mass is 16.5. The predicted octanol–water partition coefficient (Wildman–Crippen LogP) is 2.72. The van der Waals surface area contributed by atoms with Crippen LogP contribution in [0.1, 0.15) is 12.3 Å². The fourth-order valence-electron chi connectivity index (χ4n) is 2.23. The third-order valence-electron chi connectivity index (χ3n) is 3.61. The minimum absolute atomic E-state index is 0.166. The van der Waals surface area contributed by atoms with Gasteiger partial charge in [-0.15, -0.1) is 0 Å². The fraction of sp³-hybridized carbons (Fsp3) is 0.222. The molecule has 0 aliphatic heterocycles. The highest BCUT2D eigenvalue weighted by Gasteiger charge is 2.11. The number of methoxy groups -OCH3 is 2. The molecule has 1 amide bonds. The molecule has 134 valence electrons. The molecule has 0 fully saturated rings. The average Bonchev–Trinajstić information content (AvgIpc) is 3.16. The van der Waals surface area contributed by atoms with Crippen LogP contribution in [0.15, 0.2) is 47.1 Å². The zero-order chi connectivity index (χ0) is 18.4. The number of hydrogen-bond acceptors (Lipinski definition) is 7. The Hall–Kier alpha value is -3.42. The van der Waals surface area contributed by atoms with Gasteiger partial charge in [0.2, 0.25) is 23.5 Å². The van der Waals surface area contributed by atoms with E-state index in [0.717, 1.165) is 11.3 Å². The summed E-state index contributed by atoms with van der Waals surface area (Å²) in [5, 5.41) is 6.69. The summed E-state index contributed by atoms with van der Waals surface area (Å²) in [7, 11) is 3.14. The molecular formula is C18H18N4O4. The van der Waals surface area contributed by atoms with Gasteiger partial charge < -0.3 is 19.3 Å². The van der Waals surface area contributed by atoms with Crippen LogP contribution in [-0.4, -0.2) is 35.3 Å². The van der Waals surface area contributed by atoms with E-state index in [2.05, 4.69) is 20.4 Å². The Kier molecular flexibility index (Phi) is 5.43. The van der Waals surface area contributed by atoms with Gasteiger partial charge in [-0.25, -0.2) is 4.98 Å². The Morgan fingerprint density at radius 2 is 1.92 bits per heavy atom. The van der Waals surface area contributed by atoms with E-state index in [-0.39, 0.29) is 12.3 Å². The van der Waals surface area contributed by atoms with Crippen molar-refractivity contribution < 1.29 is 18.8 Å². The Labute approximate surface area is 150 Å². The minimum Gasteiger partial charge on any atom is -0.497 e. The number of aryl methyl sites for hydroxylation is 1. The van der Waals surface area contributed by atoms with E-state index in [1.54, 1.807) is 19.2 Å². The van der Waals surface area contributed by atoms with E-state index in [1.165, 1.54) is 13.3 Å². The molecule has 0 bridgehead atoms. The fourth-order valence-corrected chi connectivity index (χ4v) is 2.23. The summed E-state index contributed by atoms with van der Waals surface area (Å²) in [6.45, 7) is 0. The van der Waals surface area contributed by atoms with Gasteiger partial charge in [-0.1, -0.05) is 5.16 Å². The van der Waals surface area contributed by atoms with Crippen LogP contribution in [0.3, 0.4) is 0 Å². The molecular weight excluding hydrogens is 336 g/mol. The van der Waals surface area contributed by atoms with Crippen molar-refractivity contribution in [2.24, 2.45) is 0 Å². The van der Waals surface area contributed by atoms with Gasteiger partial charge in [0.05, 0.1) is 26.1 Å². The topological polar surface area (TPSA) is 99.4 Å². The molecule has 26 heavy (non-hydrogen) atoms. The number of anilines is 1. The first-order chi connectivity index (χ1) is 12.7. The van der Waals surface area contributed by atoms with Crippen molar-refractivity contribution in [3.8, 4) is 23.0 Å². The number of pyridine rings is 1. The van der Waals surface area contributed by atoms with Crippen molar-refractivity contribution in [1.82, 2.24) is 15.1 Å². The highest BCUT2D eigenvalue weighted by Crippen LogP contribution is 2.20. The van der Waals surface area contributed by atoms with Crippen molar-refractivity contribution in [3.05, 3.63) is 48.5 Å². The second-order valence-electron chi connectivity index (χ2n) is 5.38. The largest absolute Gasteiger partial charge is 0.497 e. The van der Waals surface area contributed by atoms with Crippen LogP contribution in [0.4, 0.5) is 5.69 Å². The smallest absolute Gasteiger partial charge is 0.227 e. The lowest BCUT2D eigenvalue weighted by atomic mass is 10.2. The summed E-state index contributed by atoms with van der Waals surface area (Å²) < 4.78 is 15.3. The molecule has 3 rings (SSSR count). The van der Waals surface area contributed by atoms with Crippen LogP contribution >= 0.6 is 0 Å². The van der Waals surface area contributed by atoms with Gasteiger partial charge in [-0.2, -0.15) is 4.98 Å². The number of benzene rings is 1. The van der Waals surface area contributed by atoms with E-state index in [1.807, 2.05) is 24.3 Å². The average molecular weight is 354 g/mol. The summed E-state index contributed by atoms with van der Waals surface area (Å²) in [4.78, 5) is 20.4. The number of carbonyl (C=O) groups excluding carboxylic acids is 1. The van der Waals surface area contributed by atoms with Crippen molar-refractivity contribution in [2.75, 3.05) is 19.5 Å². The maximum atomic E-state index is 12.0. The standard InChI is InChI=1S/C18H18N4O4/c1-24-14-6-3-12(4-7-14)18-21-17(26-22-18)10-8-15(23)20-13-5-9-16(25-2)19-11-13/h3-7,9,11H,8,10H2,1-2H3,(H,20,23). The SMILES string of the molecule is COc1ccc(-c2noc(CCC(=O)Nc3ccc(OC)nc3)n2)cc1. The second kappa shape index (κ2) is 8.11. The van der Waals surface area contributed by atoms with E-state index < -0.39 is 0 Å². The summed E-state index contributed by atoms with van der Waals surface area (Å²) in [5.41, 5.74) is 1.41. The molecule has 2 aromatic heterocycles. The monoisotopic (exact) mass is 354 g/mol. The molecule has 0 radical (unpaired) electrons. The number of ether oxygens (including phenoxy) is 2. The minimum atomic E-state index is -0.166. The third kappa shape index (κ3) is 4.35. The van der Waals surface area contributed by atoms with E-state index in [0.29, 0.717) is 29.7 Å². The summed E-state index contributed by atoms with van der Waals surface area (Å²) in [5.74, 6) is 1.95. The van der Waals surface area contributed by atoms with Crippen LogP contribution < -0.4 is 14.8 Å². The van der Waals surface area contributed by atoms with Gasteiger partial charge in [0.25, 0.3) is 0 Å². The molecule has 1 aromatic carbocycles. The lowest BCUT2D eigenvalue weighted by Gasteiger charge is -2.04. The quantitative estimate of drug-likeness (QED) is 0.696. The lowest BCUT2D eigenvalue weighted by molar-refractivity contribution is -0.116. The van der Waals surface area contributed by atoms with Gasteiger partial charge in [0.1, 0.15) is 5.75 Å². The first-order valence-electron chi connectivity index (χ1n) is 7.95. The van der Waals surface area contributed by atoms with Crippen LogP contribution in [-0.2, 0) is 11.2 Å². The summed E-state index contributed by atoms with van der Waals surface area (Å²) in [6, 6.07) is 10.7. The third-order valence-corrected chi connectivity index (χ3v) is 3.61. The number of nitrogens with one attached hydrogen (secondary N) is 1. The van der Waals surface area contributed by atoms with E-state index in [4.69, 9.17) is 14.0 Å². The first kappa shape index (κ1) is 17.4. The van der Waals surface area contributed by atoms with Crippen molar-refractivity contribution in [1.29, 1.82) is 0 Å². The molecule has 0 saturated carbocycles. The highest BCUT2D eigenvalue weighted by molar-refractivity contribution is 5.90. The molecule has 0 unspecified atom stereocenters. The molecule has 8 heteroatoms. The second-order valence-corrected chi connectivity index (χ2v) is 5.38. The lowest BCUT2D eigenvalue weighted by Crippen LogP contribution is -2.12. The zero-order valence-electron chi connectivity index (χ0n) is 14.4. The maximum Gasteiger partial charge on any atom is 0.227 e. The number of carbonyl (C=O) groups is 1. The Bertz CT molecular complexity index is 860. The Balaban J connectivity index is 1.54. The van der Waals surface area contributed by atoms with Crippen LogP contribution in [0.2, 0.25) is 0 Å². The van der Waals surface area contributed by atoms with E-state index >= 15 is 0 Å². The molecule has 1 N–H and O–H groups in total. The van der Waals surface area contributed by atoms with Crippen LogP contribution in [0.25, 0.3) is 11.4 Å². The number of hydrogen-bond donors (Lipinski definition) is 1. The number of nitrogens with zero attached hydrogens (tertiary/aromatic N) is 3. The van der Waals surface area contributed by atoms with Crippen molar-refractivity contribution >= 4 is 11.6 Å². The Morgan fingerprint density at radius 1 is 1.12 bits per heavy atom. The molecule has 0 atom stereocenters. The normalized spacial score (nSPS) is 10.4. The number of amides is 1. The predicted molar refractivity (Wildman–Crippen MR) is 94.0 cm³/mol. The van der Waals surface area contributed by atoms with Gasteiger partial charge in [-0.3, -0.25) is 4.79 Å². The van der Waals surface area contributed by atoms with E-state index in [9.17, 15) is 4.79 Å². The van der Waals surface area contributed by atoms with Gasteiger partial charge in [0, 0.05) is 24.5 Å². The molecule has 0 spiro atoms. The Morgan fingerprint density at radius 3 is 2.58 bits per heavy atom.